The molecule has 100 valence electrons. The van der Waals surface area contributed by atoms with Crippen molar-refractivity contribution in [1.29, 1.82) is 0 Å². The molecular formula is C15H18N2O2. The third-order valence-electron chi connectivity index (χ3n) is 3.73. The summed E-state index contributed by atoms with van der Waals surface area (Å²) >= 11 is 0. The number of amides is 1. The van der Waals surface area contributed by atoms with Crippen LogP contribution in [0.25, 0.3) is 11.1 Å². The van der Waals surface area contributed by atoms with Crippen LogP contribution in [0.15, 0.2) is 22.6 Å². The van der Waals surface area contributed by atoms with Gasteiger partial charge in [-0.2, -0.15) is 0 Å². The number of rotatable bonds is 3. The van der Waals surface area contributed by atoms with E-state index in [4.69, 9.17) is 4.42 Å². The molecule has 1 saturated carbocycles. The molecule has 19 heavy (non-hydrogen) atoms. The minimum atomic E-state index is 0.103. The molecule has 4 heteroatoms. The summed E-state index contributed by atoms with van der Waals surface area (Å²) < 4.78 is 5.41. The van der Waals surface area contributed by atoms with Crippen molar-refractivity contribution in [3.8, 4) is 0 Å². The average Bonchev–Trinajstić information content (AvgIpc) is 2.96. The Labute approximate surface area is 112 Å². The number of fused-ring (bicyclic) bond motifs is 1. The van der Waals surface area contributed by atoms with Crippen LogP contribution in [-0.4, -0.2) is 10.9 Å². The molecule has 1 aliphatic rings. The van der Waals surface area contributed by atoms with Gasteiger partial charge in [-0.1, -0.05) is 12.8 Å². The molecule has 1 aromatic carbocycles. The van der Waals surface area contributed by atoms with Gasteiger partial charge in [0.25, 0.3) is 0 Å². The number of nitrogens with zero attached hydrogens (tertiary/aromatic N) is 1. The van der Waals surface area contributed by atoms with Gasteiger partial charge < -0.3 is 9.73 Å². The highest BCUT2D eigenvalue weighted by atomic mass is 16.3. The summed E-state index contributed by atoms with van der Waals surface area (Å²) in [5, 5.41) is 2.95. The normalized spacial score (nSPS) is 16.1. The molecule has 1 heterocycles. The van der Waals surface area contributed by atoms with Gasteiger partial charge in [0.2, 0.25) is 5.91 Å². The molecule has 1 N–H and O–H groups in total. The van der Waals surface area contributed by atoms with Crippen LogP contribution in [0.1, 0.15) is 38.0 Å². The zero-order valence-electron chi connectivity index (χ0n) is 11.1. The molecule has 1 aromatic heterocycles. The standard InChI is InChI=1S/C15H18N2O2/c1-10-16-13-9-12(6-7-14(13)19-10)17-15(18)8-11-4-2-3-5-11/h6-7,9,11H,2-5,8H2,1H3,(H,17,18). The van der Waals surface area contributed by atoms with Gasteiger partial charge in [0.05, 0.1) is 0 Å². The minimum Gasteiger partial charge on any atom is -0.441 e. The summed E-state index contributed by atoms with van der Waals surface area (Å²) in [6, 6.07) is 5.57. The van der Waals surface area contributed by atoms with E-state index in [1.54, 1.807) is 0 Å². The first kappa shape index (κ1) is 12.2. The molecule has 1 amide bonds. The number of carbonyl (C=O) groups is 1. The smallest absolute Gasteiger partial charge is 0.224 e. The molecule has 0 radical (unpaired) electrons. The maximum absolute atomic E-state index is 12.0. The van der Waals surface area contributed by atoms with Gasteiger partial charge in [-0.05, 0) is 37.0 Å². The second-order valence-corrected chi connectivity index (χ2v) is 5.32. The minimum absolute atomic E-state index is 0.103. The van der Waals surface area contributed by atoms with Gasteiger partial charge in [0.1, 0.15) is 5.52 Å². The molecule has 0 atom stereocenters. The monoisotopic (exact) mass is 258 g/mol. The first-order chi connectivity index (χ1) is 9.20. The highest BCUT2D eigenvalue weighted by Crippen LogP contribution is 2.28. The van der Waals surface area contributed by atoms with Crippen molar-refractivity contribution >= 4 is 22.7 Å². The second-order valence-electron chi connectivity index (χ2n) is 5.32. The van der Waals surface area contributed by atoms with Gasteiger partial charge in [0.15, 0.2) is 11.5 Å². The fourth-order valence-corrected chi connectivity index (χ4v) is 2.81. The number of aromatic nitrogens is 1. The highest BCUT2D eigenvalue weighted by molar-refractivity contribution is 5.92. The molecular weight excluding hydrogens is 240 g/mol. The number of oxazole rings is 1. The van der Waals surface area contributed by atoms with E-state index in [0.717, 1.165) is 16.8 Å². The van der Waals surface area contributed by atoms with Crippen LogP contribution in [0.5, 0.6) is 0 Å². The summed E-state index contributed by atoms with van der Waals surface area (Å²) in [6.45, 7) is 1.82. The average molecular weight is 258 g/mol. The lowest BCUT2D eigenvalue weighted by atomic mass is 10.0. The third-order valence-corrected chi connectivity index (χ3v) is 3.73. The van der Waals surface area contributed by atoms with Crippen LogP contribution < -0.4 is 5.32 Å². The van der Waals surface area contributed by atoms with Gasteiger partial charge in [0, 0.05) is 19.0 Å². The summed E-state index contributed by atoms with van der Waals surface area (Å²) in [5.74, 6) is 1.31. The van der Waals surface area contributed by atoms with E-state index in [1.807, 2.05) is 25.1 Å². The van der Waals surface area contributed by atoms with E-state index in [1.165, 1.54) is 25.7 Å². The molecule has 2 aromatic rings. The fourth-order valence-electron chi connectivity index (χ4n) is 2.81. The van der Waals surface area contributed by atoms with Crippen LogP contribution in [0.3, 0.4) is 0 Å². The summed E-state index contributed by atoms with van der Waals surface area (Å²) in [6.07, 6.45) is 5.55. The van der Waals surface area contributed by atoms with Crippen molar-refractivity contribution in [1.82, 2.24) is 4.98 Å². The van der Waals surface area contributed by atoms with Gasteiger partial charge in [-0.3, -0.25) is 4.79 Å². The molecule has 0 bridgehead atoms. The number of anilines is 1. The van der Waals surface area contributed by atoms with E-state index in [9.17, 15) is 4.79 Å². The SMILES string of the molecule is Cc1nc2cc(NC(=O)CC3CCCC3)ccc2o1. The number of aryl methyl sites for hydroxylation is 1. The van der Waals surface area contributed by atoms with Crippen molar-refractivity contribution in [3.05, 3.63) is 24.1 Å². The van der Waals surface area contributed by atoms with Crippen molar-refractivity contribution in [3.63, 3.8) is 0 Å². The second kappa shape index (κ2) is 5.03. The Bertz CT molecular complexity index is 597. The van der Waals surface area contributed by atoms with E-state index in [0.29, 0.717) is 18.2 Å². The summed E-state index contributed by atoms with van der Waals surface area (Å²) in [5.41, 5.74) is 2.34. The highest BCUT2D eigenvalue weighted by Gasteiger charge is 2.18. The maximum atomic E-state index is 12.0. The molecule has 3 rings (SSSR count). The number of hydrogen-bond donors (Lipinski definition) is 1. The van der Waals surface area contributed by atoms with Gasteiger partial charge >= 0.3 is 0 Å². The van der Waals surface area contributed by atoms with E-state index < -0.39 is 0 Å². The predicted molar refractivity (Wildman–Crippen MR) is 74.0 cm³/mol. The molecule has 0 aliphatic heterocycles. The van der Waals surface area contributed by atoms with Crippen molar-refractivity contribution in [2.24, 2.45) is 5.92 Å². The lowest BCUT2D eigenvalue weighted by molar-refractivity contribution is -0.117. The topological polar surface area (TPSA) is 55.1 Å². The Morgan fingerprint density at radius 3 is 3.00 bits per heavy atom. The summed E-state index contributed by atoms with van der Waals surface area (Å²) in [7, 11) is 0. The largest absolute Gasteiger partial charge is 0.441 e. The Kier molecular flexibility index (Phi) is 3.23. The Balaban J connectivity index is 1.68. The fraction of sp³-hybridized carbons (Fsp3) is 0.467. The molecule has 4 nitrogen and oxygen atoms in total. The van der Waals surface area contributed by atoms with E-state index >= 15 is 0 Å². The summed E-state index contributed by atoms with van der Waals surface area (Å²) in [4.78, 5) is 16.2. The van der Waals surface area contributed by atoms with E-state index in [-0.39, 0.29) is 5.91 Å². The van der Waals surface area contributed by atoms with Crippen LogP contribution in [0, 0.1) is 12.8 Å². The van der Waals surface area contributed by atoms with Crippen LogP contribution in [0.2, 0.25) is 0 Å². The first-order valence-corrected chi connectivity index (χ1v) is 6.88. The molecule has 0 unspecified atom stereocenters. The lowest BCUT2D eigenvalue weighted by Crippen LogP contribution is -2.14. The Morgan fingerprint density at radius 2 is 2.21 bits per heavy atom. The van der Waals surface area contributed by atoms with Crippen LogP contribution >= 0.6 is 0 Å². The zero-order chi connectivity index (χ0) is 13.2. The molecule has 1 fully saturated rings. The third kappa shape index (κ3) is 2.78. The number of hydrogen-bond acceptors (Lipinski definition) is 3. The zero-order valence-corrected chi connectivity index (χ0v) is 11.1. The number of nitrogens with one attached hydrogen (secondary N) is 1. The van der Waals surface area contributed by atoms with Crippen LogP contribution in [0.4, 0.5) is 5.69 Å². The Hall–Kier alpha value is -1.84. The number of benzene rings is 1. The van der Waals surface area contributed by atoms with E-state index in [2.05, 4.69) is 10.3 Å². The molecule has 0 spiro atoms. The predicted octanol–water partition coefficient (Wildman–Crippen LogP) is 3.66. The molecule has 1 aliphatic carbocycles. The van der Waals surface area contributed by atoms with Crippen LogP contribution in [-0.2, 0) is 4.79 Å². The maximum Gasteiger partial charge on any atom is 0.224 e. The van der Waals surface area contributed by atoms with Crippen molar-refractivity contribution < 1.29 is 9.21 Å². The lowest BCUT2D eigenvalue weighted by Gasteiger charge is -2.09. The quantitative estimate of drug-likeness (QED) is 0.914. The van der Waals surface area contributed by atoms with Gasteiger partial charge in [-0.25, -0.2) is 4.98 Å². The van der Waals surface area contributed by atoms with Crippen molar-refractivity contribution in [2.45, 2.75) is 39.0 Å². The number of carbonyl (C=O) groups excluding carboxylic acids is 1. The first-order valence-electron chi connectivity index (χ1n) is 6.88. The molecule has 0 saturated heterocycles. The Morgan fingerprint density at radius 1 is 1.42 bits per heavy atom. The van der Waals surface area contributed by atoms with Crippen molar-refractivity contribution in [2.75, 3.05) is 5.32 Å². The van der Waals surface area contributed by atoms with Gasteiger partial charge in [-0.15, -0.1) is 0 Å².